The van der Waals surface area contributed by atoms with E-state index in [2.05, 4.69) is 9.71 Å². The van der Waals surface area contributed by atoms with Crippen LogP contribution in [0.4, 0.5) is 11.4 Å². The lowest BCUT2D eigenvalue weighted by atomic mass is 10.3. The number of nitrogens with two attached hydrogens (primary N) is 1. The van der Waals surface area contributed by atoms with Gasteiger partial charge in [0, 0.05) is 11.2 Å². The van der Waals surface area contributed by atoms with Crippen molar-refractivity contribution < 1.29 is 8.42 Å². The molecule has 1 heterocycles. The van der Waals surface area contributed by atoms with E-state index in [1.165, 1.54) is 18.3 Å². The molecule has 2 rings (SSSR count). The second kappa shape index (κ2) is 5.47. The monoisotopic (exact) mass is 331 g/mol. The zero-order chi connectivity index (χ0) is 14.9. The molecule has 0 aliphatic rings. The average molecular weight is 332 g/mol. The Bertz CT molecular complexity index is 740. The normalized spacial score (nSPS) is 11.3. The molecule has 0 unspecified atom stereocenters. The number of aryl methyl sites for hydroxylation is 1. The van der Waals surface area contributed by atoms with Crippen LogP contribution in [0.1, 0.15) is 5.56 Å². The third-order valence-corrected chi connectivity index (χ3v) is 4.70. The number of pyridine rings is 1. The first-order valence-corrected chi connectivity index (χ1v) is 7.73. The smallest absolute Gasteiger partial charge is 0.265 e. The molecule has 20 heavy (non-hydrogen) atoms. The van der Waals surface area contributed by atoms with Gasteiger partial charge in [-0.2, -0.15) is 0 Å². The van der Waals surface area contributed by atoms with Crippen molar-refractivity contribution in [3.63, 3.8) is 0 Å². The van der Waals surface area contributed by atoms with Gasteiger partial charge in [-0.05, 0) is 30.7 Å². The van der Waals surface area contributed by atoms with Crippen LogP contribution >= 0.6 is 23.2 Å². The number of benzene rings is 1. The van der Waals surface area contributed by atoms with Crippen molar-refractivity contribution >= 4 is 44.6 Å². The van der Waals surface area contributed by atoms with Gasteiger partial charge < -0.3 is 5.73 Å². The van der Waals surface area contributed by atoms with Crippen LogP contribution in [0, 0.1) is 6.92 Å². The summed E-state index contributed by atoms with van der Waals surface area (Å²) in [6.07, 6.45) is 2.98. The van der Waals surface area contributed by atoms with Crippen LogP contribution in [0.2, 0.25) is 10.0 Å². The van der Waals surface area contributed by atoms with Crippen LogP contribution in [0.3, 0.4) is 0 Å². The Labute approximate surface area is 126 Å². The van der Waals surface area contributed by atoms with Crippen LogP contribution in [0.25, 0.3) is 0 Å². The summed E-state index contributed by atoms with van der Waals surface area (Å²) in [7, 11) is -3.92. The Morgan fingerprint density at radius 3 is 2.60 bits per heavy atom. The van der Waals surface area contributed by atoms with Crippen molar-refractivity contribution in [1.29, 1.82) is 0 Å². The molecule has 0 radical (unpaired) electrons. The van der Waals surface area contributed by atoms with Gasteiger partial charge in [-0.3, -0.25) is 9.71 Å². The van der Waals surface area contributed by atoms with Crippen molar-refractivity contribution in [3.05, 3.63) is 46.2 Å². The van der Waals surface area contributed by atoms with Gasteiger partial charge in [0.25, 0.3) is 10.0 Å². The van der Waals surface area contributed by atoms with Crippen LogP contribution in [-0.4, -0.2) is 13.4 Å². The lowest BCUT2D eigenvalue weighted by Gasteiger charge is -2.13. The molecule has 0 saturated carbocycles. The van der Waals surface area contributed by atoms with E-state index < -0.39 is 10.0 Å². The highest BCUT2D eigenvalue weighted by Crippen LogP contribution is 2.32. The summed E-state index contributed by atoms with van der Waals surface area (Å²) in [4.78, 5) is 3.67. The van der Waals surface area contributed by atoms with Gasteiger partial charge in [0.1, 0.15) is 4.90 Å². The molecule has 0 amide bonds. The number of hydrogen-bond acceptors (Lipinski definition) is 4. The minimum Gasteiger partial charge on any atom is -0.398 e. The quantitative estimate of drug-likeness (QED) is 0.846. The molecule has 1 aromatic heterocycles. The topological polar surface area (TPSA) is 85.1 Å². The number of anilines is 2. The van der Waals surface area contributed by atoms with E-state index >= 15 is 0 Å². The minimum absolute atomic E-state index is 0.0171. The highest BCUT2D eigenvalue weighted by Gasteiger charge is 2.22. The molecule has 2 aromatic rings. The maximum Gasteiger partial charge on any atom is 0.265 e. The first kappa shape index (κ1) is 14.9. The number of rotatable bonds is 3. The summed E-state index contributed by atoms with van der Waals surface area (Å²) in [6.45, 7) is 1.76. The number of halogens is 2. The number of nitrogens with one attached hydrogen (secondary N) is 1. The van der Waals surface area contributed by atoms with Crippen molar-refractivity contribution in [2.75, 3.05) is 10.5 Å². The molecule has 3 N–H and O–H groups in total. The lowest BCUT2D eigenvalue weighted by Crippen LogP contribution is -2.16. The van der Waals surface area contributed by atoms with Gasteiger partial charge in [-0.15, -0.1) is 0 Å². The highest BCUT2D eigenvalue weighted by molar-refractivity contribution is 7.93. The molecule has 5 nitrogen and oxygen atoms in total. The molecule has 0 fully saturated rings. The van der Waals surface area contributed by atoms with E-state index in [1.807, 2.05) is 0 Å². The predicted octanol–water partition coefficient (Wildman–Crippen LogP) is 3.08. The fraction of sp³-hybridized carbons (Fsp3) is 0.0833. The van der Waals surface area contributed by atoms with Gasteiger partial charge >= 0.3 is 0 Å². The predicted molar refractivity (Wildman–Crippen MR) is 80.7 cm³/mol. The van der Waals surface area contributed by atoms with Gasteiger partial charge in [0.15, 0.2) is 0 Å². The Morgan fingerprint density at radius 1 is 1.30 bits per heavy atom. The number of hydrogen-bond donors (Lipinski definition) is 2. The van der Waals surface area contributed by atoms with Gasteiger partial charge in [-0.25, -0.2) is 8.42 Å². The van der Waals surface area contributed by atoms with Crippen LogP contribution in [0.5, 0.6) is 0 Å². The molecular formula is C12H11Cl2N3O2S. The fourth-order valence-corrected chi connectivity index (χ4v) is 3.73. The summed E-state index contributed by atoms with van der Waals surface area (Å²) < 4.78 is 27.1. The van der Waals surface area contributed by atoms with Crippen LogP contribution < -0.4 is 10.5 Å². The summed E-state index contributed by atoms with van der Waals surface area (Å²) in [6, 6.07) is 4.34. The van der Waals surface area contributed by atoms with Gasteiger partial charge in [0.05, 0.1) is 22.6 Å². The Kier molecular flexibility index (Phi) is 4.08. The number of nitrogens with zero attached hydrogens (tertiary/aromatic N) is 1. The van der Waals surface area contributed by atoms with E-state index in [4.69, 9.17) is 28.9 Å². The summed E-state index contributed by atoms with van der Waals surface area (Å²) in [5.41, 5.74) is 6.77. The van der Waals surface area contributed by atoms with E-state index in [0.29, 0.717) is 5.69 Å². The SMILES string of the molecule is Cc1ccncc1NS(=O)(=O)c1c(N)cc(Cl)cc1Cl. The third kappa shape index (κ3) is 2.98. The van der Waals surface area contributed by atoms with Crippen LogP contribution in [0.15, 0.2) is 35.5 Å². The second-order valence-corrected chi connectivity index (χ2v) is 6.56. The van der Waals surface area contributed by atoms with E-state index in [9.17, 15) is 8.42 Å². The van der Waals surface area contributed by atoms with E-state index in [0.717, 1.165) is 5.56 Å². The Hall–Kier alpha value is -1.50. The molecule has 0 bridgehead atoms. The largest absolute Gasteiger partial charge is 0.398 e. The fourth-order valence-electron chi connectivity index (χ4n) is 1.63. The maximum atomic E-state index is 12.4. The number of nitrogen functional groups attached to an aromatic ring is 1. The average Bonchev–Trinajstić information content (AvgIpc) is 2.30. The molecule has 0 aliphatic carbocycles. The molecule has 0 atom stereocenters. The van der Waals surface area contributed by atoms with Crippen molar-refractivity contribution in [1.82, 2.24) is 4.98 Å². The van der Waals surface area contributed by atoms with Gasteiger partial charge in [-0.1, -0.05) is 23.2 Å². The van der Waals surface area contributed by atoms with Gasteiger partial charge in [0.2, 0.25) is 0 Å². The zero-order valence-electron chi connectivity index (χ0n) is 10.4. The molecule has 8 heteroatoms. The van der Waals surface area contributed by atoms with E-state index in [1.54, 1.807) is 19.2 Å². The summed E-state index contributed by atoms with van der Waals surface area (Å²) >= 11 is 11.7. The summed E-state index contributed by atoms with van der Waals surface area (Å²) in [5, 5.41) is 0.230. The number of sulfonamides is 1. The highest BCUT2D eigenvalue weighted by atomic mass is 35.5. The Morgan fingerprint density at radius 2 is 2.00 bits per heavy atom. The van der Waals surface area contributed by atoms with Crippen LogP contribution in [-0.2, 0) is 10.0 Å². The first-order chi connectivity index (χ1) is 9.31. The summed E-state index contributed by atoms with van der Waals surface area (Å²) in [5.74, 6) is 0. The van der Waals surface area contributed by atoms with Crippen molar-refractivity contribution in [2.24, 2.45) is 0 Å². The second-order valence-electron chi connectivity index (χ2n) is 4.10. The zero-order valence-corrected chi connectivity index (χ0v) is 12.7. The molecule has 0 aliphatic heterocycles. The molecule has 1 aromatic carbocycles. The molecule has 106 valence electrons. The van der Waals surface area contributed by atoms with E-state index in [-0.39, 0.29) is 20.6 Å². The standard InChI is InChI=1S/C12H11Cl2N3O2S/c1-7-2-3-16-6-11(7)17-20(18,19)12-9(14)4-8(13)5-10(12)15/h2-6,17H,15H2,1H3. The molecule has 0 spiro atoms. The third-order valence-electron chi connectivity index (χ3n) is 2.59. The Balaban J connectivity index is 2.50. The minimum atomic E-state index is -3.92. The maximum absolute atomic E-state index is 12.4. The van der Waals surface area contributed by atoms with Crippen molar-refractivity contribution in [2.45, 2.75) is 11.8 Å². The molecule has 0 saturated heterocycles. The lowest BCUT2D eigenvalue weighted by molar-refractivity contribution is 0.601. The molecular weight excluding hydrogens is 321 g/mol. The number of aromatic nitrogens is 1. The van der Waals surface area contributed by atoms with Crippen molar-refractivity contribution in [3.8, 4) is 0 Å². The first-order valence-electron chi connectivity index (χ1n) is 5.49.